The molecule has 4 heteroatoms. The Morgan fingerprint density at radius 1 is 1.09 bits per heavy atom. The summed E-state index contributed by atoms with van der Waals surface area (Å²) >= 11 is 0. The number of aromatic nitrogens is 2. The lowest BCUT2D eigenvalue weighted by atomic mass is 10.0. The summed E-state index contributed by atoms with van der Waals surface area (Å²) < 4.78 is 0. The number of nitrogens with zero attached hydrogens (tertiary/aromatic N) is 2. The average Bonchev–Trinajstić information content (AvgIpc) is 3.30. The van der Waals surface area contributed by atoms with Gasteiger partial charge in [-0.15, -0.1) is 0 Å². The van der Waals surface area contributed by atoms with E-state index in [0.717, 1.165) is 30.0 Å². The average molecular weight is 296 g/mol. The van der Waals surface area contributed by atoms with E-state index >= 15 is 0 Å². The second-order valence-corrected chi connectivity index (χ2v) is 5.92. The van der Waals surface area contributed by atoms with Crippen molar-refractivity contribution in [3.63, 3.8) is 0 Å². The lowest BCUT2D eigenvalue weighted by molar-refractivity contribution is 1.04. The van der Waals surface area contributed by atoms with Gasteiger partial charge in [0.05, 0.1) is 0 Å². The molecule has 0 radical (unpaired) electrons. The summed E-state index contributed by atoms with van der Waals surface area (Å²) in [5.74, 6) is 1.60. The smallest absolute Gasteiger partial charge is 0.229 e. The van der Waals surface area contributed by atoms with E-state index in [1.807, 2.05) is 13.0 Å². The molecule has 0 bridgehead atoms. The zero-order valence-corrected chi connectivity index (χ0v) is 13.6. The molecule has 1 saturated carbocycles. The van der Waals surface area contributed by atoms with Crippen LogP contribution in [-0.2, 0) is 12.8 Å². The molecule has 1 aromatic heterocycles. The number of nitrogens with one attached hydrogen (secondary N) is 2. The molecule has 1 aromatic carbocycles. The third kappa shape index (κ3) is 3.38. The molecule has 0 unspecified atom stereocenters. The molecule has 3 rings (SSSR count). The highest BCUT2D eigenvalue weighted by molar-refractivity contribution is 5.64. The van der Waals surface area contributed by atoms with Crippen molar-refractivity contribution < 1.29 is 0 Å². The topological polar surface area (TPSA) is 49.8 Å². The van der Waals surface area contributed by atoms with Crippen LogP contribution < -0.4 is 10.6 Å². The molecular formula is C18H24N4. The summed E-state index contributed by atoms with van der Waals surface area (Å²) in [5.41, 5.74) is 4.76. The molecule has 0 atom stereocenters. The van der Waals surface area contributed by atoms with Crippen LogP contribution in [0.3, 0.4) is 0 Å². The molecular weight excluding hydrogens is 272 g/mol. The normalized spacial score (nSPS) is 14.0. The second kappa shape index (κ2) is 6.34. The van der Waals surface area contributed by atoms with E-state index in [4.69, 9.17) is 0 Å². The van der Waals surface area contributed by atoms with Gasteiger partial charge in [0.15, 0.2) is 0 Å². The summed E-state index contributed by atoms with van der Waals surface area (Å²) in [6.07, 6.45) is 4.47. The van der Waals surface area contributed by atoms with E-state index < -0.39 is 0 Å². The summed E-state index contributed by atoms with van der Waals surface area (Å²) in [6, 6.07) is 9.06. The Hall–Kier alpha value is -2.10. The molecule has 1 fully saturated rings. The van der Waals surface area contributed by atoms with Crippen LogP contribution in [0.15, 0.2) is 24.3 Å². The predicted octanol–water partition coefficient (Wildman–Crippen LogP) is 4.23. The van der Waals surface area contributed by atoms with E-state index in [9.17, 15) is 0 Å². The van der Waals surface area contributed by atoms with Crippen molar-refractivity contribution in [1.82, 2.24) is 9.97 Å². The number of para-hydroxylation sites is 1. The SMILES string of the molecule is CCc1cccc(CC)c1Nc1nc(C)cc(NC2CC2)n1. The van der Waals surface area contributed by atoms with Crippen molar-refractivity contribution in [1.29, 1.82) is 0 Å². The second-order valence-electron chi connectivity index (χ2n) is 5.92. The number of rotatable bonds is 6. The molecule has 2 aromatic rings. The standard InChI is InChI=1S/C18H24N4/c1-4-13-7-6-8-14(5-2)17(13)22-18-19-12(3)11-16(21-18)20-15-9-10-15/h6-8,11,15H,4-5,9-10H2,1-3H3,(H2,19,20,21,22). The maximum absolute atomic E-state index is 4.63. The van der Waals surface area contributed by atoms with Gasteiger partial charge in [-0.2, -0.15) is 4.98 Å². The number of hydrogen-bond donors (Lipinski definition) is 2. The van der Waals surface area contributed by atoms with Gasteiger partial charge in [-0.05, 0) is 43.7 Å². The van der Waals surface area contributed by atoms with Crippen LogP contribution in [0.25, 0.3) is 0 Å². The van der Waals surface area contributed by atoms with Crippen molar-refractivity contribution >= 4 is 17.5 Å². The maximum Gasteiger partial charge on any atom is 0.229 e. The molecule has 1 aliphatic carbocycles. The lowest BCUT2D eigenvalue weighted by Gasteiger charge is -2.15. The minimum Gasteiger partial charge on any atom is -0.367 e. The Kier molecular flexibility index (Phi) is 4.27. The molecule has 0 amide bonds. The van der Waals surface area contributed by atoms with E-state index in [2.05, 4.69) is 52.6 Å². The highest BCUT2D eigenvalue weighted by atomic mass is 15.2. The largest absolute Gasteiger partial charge is 0.367 e. The van der Waals surface area contributed by atoms with Gasteiger partial charge >= 0.3 is 0 Å². The van der Waals surface area contributed by atoms with E-state index in [-0.39, 0.29) is 0 Å². The number of hydrogen-bond acceptors (Lipinski definition) is 4. The van der Waals surface area contributed by atoms with Gasteiger partial charge in [0.1, 0.15) is 5.82 Å². The van der Waals surface area contributed by atoms with Crippen molar-refractivity contribution in [2.45, 2.75) is 52.5 Å². The van der Waals surface area contributed by atoms with E-state index in [0.29, 0.717) is 12.0 Å². The monoisotopic (exact) mass is 296 g/mol. The summed E-state index contributed by atoms with van der Waals surface area (Å²) in [7, 11) is 0. The van der Waals surface area contributed by atoms with Crippen molar-refractivity contribution in [2.75, 3.05) is 10.6 Å². The van der Waals surface area contributed by atoms with Gasteiger partial charge in [-0.25, -0.2) is 4.98 Å². The first kappa shape index (κ1) is 14.8. The van der Waals surface area contributed by atoms with Gasteiger partial charge in [0.2, 0.25) is 5.95 Å². The minimum atomic E-state index is 0.594. The molecule has 0 saturated heterocycles. The molecule has 2 N–H and O–H groups in total. The Morgan fingerprint density at radius 3 is 2.36 bits per heavy atom. The van der Waals surface area contributed by atoms with Gasteiger partial charge in [-0.1, -0.05) is 32.0 Å². The van der Waals surface area contributed by atoms with Crippen LogP contribution in [0.2, 0.25) is 0 Å². The van der Waals surface area contributed by atoms with E-state index in [1.165, 1.54) is 24.0 Å². The van der Waals surface area contributed by atoms with Crippen LogP contribution >= 0.6 is 0 Å². The summed E-state index contributed by atoms with van der Waals surface area (Å²) in [5, 5.41) is 6.90. The quantitative estimate of drug-likeness (QED) is 0.837. The molecule has 0 spiro atoms. The van der Waals surface area contributed by atoms with Gasteiger partial charge in [0.25, 0.3) is 0 Å². The highest BCUT2D eigenvalue weighted by Gasteiger charge is 2.21. The Labute approximate surface area is 132 Å². The lowest BCUT2D eigenvalue weighted by Crippen LogP contribution is -2.08. The van der Waals surface area contributed by atoms with Gasteiger partial charge in [-0.3, -0.25) is 0 Å². The van der Waals surface area contributed by atoms with Crippen molar-refractivity contribution in [3.8, 4) is 0 Å². The number of aryl methyl sites for hydroxylation is 3. The Balaban J connectivity index is 1.90. The fourth-order valence-corrected chi connectivity index (χ4v) is 2.65. The Bertz CT molecular complexity index is 640. The molecule has 116 valence electrons. The third-order valence-corrected chi connectivity index (χ3v) is 4.02. The number of anilines is 3. The Morgan fingerprint density at radius 2 is 1.77 bits per heavy atom. The zero-order chi connectivity index (χ0) is 15.5. The highest BCUT2D eigenvalue weighted by Crippen LogP contribution is 2.27. The van der Waals surface area contributed by atoms with Crippen LogP contribution in [0.5, 0.6) is 0 Å². The minimum absolute atomic E-state index is 0.594. The summed E-state index contributed by atoms with van der Waals surface area (Å²) in [4.78, 5) is 9.17. The fourth-order valence-electron chi connectivity index (χ4n) is 2.65. The predicted molar refractivity (Wildman–Crippen MR) is 91.9 cm³/mol. The maximum atomic E-state index is 4.63. The first-order valence-corrected chi connectivity index (χ1v) is 8.19. The first-order valence-electron chi connectivity index (χ1n) is 8.19. The number of benzene rings is 1. The van der Waals surface area contributed by atoms with Gasteiger partial charge < -0.3 is 10.6 Å². The van der Waals surface area contributed by atoms with Crippen LogP contribution in [-0.4, -0.2) is 16.0 Å². The molecule has 0 aliphatic heterocycles. The van der Waals surface area contributed by atoms with Crippen LogP contribution in [0.1, 0.15) is 43.5 Å². The molecule has 1 aliphatic rings. The fraction of sp³-hybridized carbons (Fsp3) is 0.444. The van der Waals surface area contributed by atoms with Crippen molar-refractivity contribution in [3.05, 3.63) is 41.1 Å². The third-order valence-electron chi connectivity index (χ3n) is 4.02. The van der Waals surface area contributed by atoms with E-state index in [1.54, 1.807) is 0 Å². The van der Waals surface area contributed by atoms with Crippen molar-refractivity contribution in [2.24, 2.45) is 0 Å². The van der Waals surface area contributed by atoms with Gasteiger partial charge in [0, 0.05) is 23.5 Å². The zero-order valence-electron chi connectivity index (χ0n) is 13.6. The van der Waals surface area contributed by atoms with Crippen LogP contribution in [0, 0.1) is 6.92 Å². The first-order chi connectivity index (χ1) is 10.7. The summed E-state index contributed by atoms with van der Waals surface area (Å²) in [6.45, 7) is 6.37. The molecule has 4 nitrogen and oxygen atoms in total. The molecule has 22 heavy (non-hydrogen) atoms. The molecule has 1 heterocycles. The van der Waals surface area contributed by atoms with Crippen LogP contribution in [0.4, 0.5) is 17.5 Å².